The number of pyridine rings is 1. The third-order valence-corrected chi connectivity index (χ3v) is 4.30. The lowest BCUT2D eigenvalue weighted by Crippen LogP contribution is -2.33. The van der Waals surface area contributed by atoms with Crippen molar-refractivity contribution in [3.8, 4) is 0 Å². The molecule has 0 atom stereocenters. The molecule has 6 heteroatoms. The summed E-state index contributed by atoms with van der Waals surface area (Å²) >= 11 is 0. The van der Waals surface area contributed by atoms with E-state index in [4.69, 9.17) is 0 Å². The Kier molecular flexibility index (Phi) is 3.57. The molecule has 0 fully saturated rings. The zero-order chi connectivity index (χ0) is 17.4. The van der Waals surface area contributed by atoms with Crippen molar-refractivity contribution >= 4 is 21.8 Å². The number of nitrogens with one attached hydrogen (secondary N) is 2. The van der Waals surface area contributed by atoms with Crippen LogP contribution in [0.25, 0.3) is 21.8 Å². The second kappa shape index (κ2) is 5.90. The first kappa shape index (κ1) is 15.1. The fourth-order valence-corrected chi connectivity index (χ4v) is 3.02. The van der Waals surface area contributed by atoms with Crippen LogP contribution >= 0.6 is 0 Å². The van der Waals surface area contributed by atoms with E-state index >= 15 is 0 Å². The average Bonchev–Trinajstić information content (AvgIpc) is 2.64. The molecule has 0 aliphatic rings. The van der Waals surface area contributed by atoms with Crippen molar-refractivity contribution in [2.75, 3.05) is 0 Å². The highest BCUT2D eigenvalue weighted by molar-refractivity contribution is 5.91. The summed E-state index contributed by atoms with van der Waals surface area (Å²) in [5.74, 6) is 0. The van der Waals surface area contributed by atoms with E-state index in [0.717, 1.165) is 5.56 Å². The molecule has 0 unspecified atom stereocenters. The molecule has 0 radical (unpaired) electrons. The third-order valence-electron chi connectivity index (χ3n) is 4.30. The number of aromatic nitrogens is 3. The molecule has 124 valence electrons. The molecule has 0 amide bonds. The Morgan fingerprint density at radius 1 is 0.880 bits per heavy atom. The first-order chi connectivity index (χ1) is 12.1. The van der Waals surface area contributed by atoms with E-state index in [9.17, 15) is 14.4 Å². The van der Waals surface area contributed by atoms with Gasteiger partial charge in [0, 0.05) is 17.4 Å². The Hall–Kier alpha value is -3.41. The van der Waals surface area contributed by atoms with Gasteiger partial charge in [-0.2, -0.15) is 0 Å². The van der Waals surface area contributed by atoms with Gasteiger partial charge in [-0.15, -0.1) is 0 Å². The van der Waals surface area contributed by atoms with E-state index in [-0.39, 0.29) is 10.9 Å². The Bertz CT molecular complexity index is 1250. The van der Waals surface area contributed by atoms with Crippen LogP contribution in [0.1, 0.15) is 5.56 Å². The molecule has 25 heavy (non-hydrogen) atoms. The summed E-state index contributed by atoms with van der Waals surface area (Å²) in [6.45, 7) is 0.322. The van der Waals surface area contributed by atoms with Gasteiger partial charge in [0.2, 0.25) is 5.43 Å². The zero-order valence-electron chi connectivity index (χ0n) is 13.3. The quantitative estimate of drug-likeness (QED) is 0.560. The molecule has 0 aliphatic carbocycles. The van der Waals surface area contributed by atoms with Crippen LogP contribution in [0.4, 0.5) is 0 Å². The lowest BCUT2D eigenvalue weighted by molar-refractivity contribution is 0.575. The SMILES string of the molecule is O=c1[nH]n(CCc2ccccc2)c(=O)c2[nH]c3ccccc3c(=O)c12. The first-order valence-electron chi connectivity index (χ1n) is 7.97. The van der Waals surface area contributed by atoms with Crippen LogP contribution in [-0.2, 0) is 13.0 Å². The average molecular weight is 333 g/mol. The minimum absolute atomic E-state index is 0.0421. The number of aromatic amines is 2. The van der Waals surface area contributed by atoms with Crippen molar-refractivity contribution in [1.29, 1.82) is 0 Å². The van der Waals surface area contributed by atoms with Gasteiger partial charge < -0.3 is 4.98 Å². The molecule has 2 aromatic heterocycles. The standard InChI is InChI=1S/C19H15N3O3/c23-17-13-8-4-5-9-14(13)20-16-15(17)18(24)21-22(19(16)25)11-10-12-6-2-1-3-7-12/h1-9H,10-11H2,(H,20,23)(H,21,24). The number of rotatable bonds is 3. The van der Waals surface area contributed by atoms with Gasteiger partial charge >= 0.3 is 0 Å². The van der Waals surface area contributed by atoms with Crippen molar-refractivity contribution in [2.24, 2.45) is 0 Å². The second-order valence-electron chi connectivity index (χ2n) is 5.88. The summed E-state index contributed by atoms with van der Waals surface area (Å²) in [6, 6.07) is 16.5. The highest BCUT2D eigenvalue weighted by atomic mass is 16.2. The van der Waals surface area contributed by atoms with E-state index < -0.39 is 16.5 Å². The monoisotopic (exact) mass is 333 g/mol. The number of para-hydroxylation sites is 1. The Balaban J connectivity index is 1.89. The maximum atomic E-state index is 12.7. The largest absolute Gasteiger partial charge is 0.350 e. The molecule has 0 bridgehead atoms. The zero-order valence-corrected chi connectivity index (χ0v) is 13.3. The van der Waals surface area contributed by atoms with Crippen molar-refractivity contribution in [2.45, 2.75) is 13.0 Å². The van der Waals surface area contributed by atoms with Crippen molar-refractivity contribution < 1.29 is 0 Å². The van der Waals surface area contributed by atoms with Gasteiger partial charge in [0.15, 0.2) is 0 Å². The summed E-state index contributed by atoms with van der Waals surface area (Å²) in [6.07, 6.45) is 0.597. The van der Waals surface area contributed by atoms with Crippen molar-refractivity contribution in [3.63, 3.8) is 0 Å². The summed E-state index contributed by atoms with van der Waals surface area (Å²) in [7, 11) is 0. The van der Waals surface area contributed by atoms with Crippen LogP contribution in [-0.4, -0.2) is 14.8 Å². The summed E-state index contributed by atoms with van der Waals surface area (Å²) in [5, 5.41) is 2.79. The molecule has 0 aliphatic heterocycles. The number of benzene rings is 2. The van der Waals surface area contributed by atoms with Gasteiger partial charge in [0.25, 0.3) is 11.1 Å². The Labute approximate surface area is 141 Å². The van der Waals surface area contributed by atoms with Gasteiger partial charge in [-0.25, -0.2) is 4.68 Å². The minimum Gasteiger partial charge on any atom is -0.350 e. The van der Waals surface area contributed by atoms with Crippen LogP contribution in [0.5, 0.6) is 0 Å². The number of fused-ring (bicyclic) bond motifs is 2. The van der Waals surface area contributed by atoms with Gasteiger partial charge in [-0.3, -0.25) is 19.5 Å². The van der Waals surface area contributed by atoms with Gasteiger partial charge in [0.1, 0.15) is 10.9 Å². The summed E-state index contributed by atoms with van der Waals surface area (Å²) < 4.78 is 1.25. The molecule has 6 nitrogen and oxygen atoms in total. The van der Waals surface area contributed by atoms with Gasteiger partial charge in [0.05, 0.1) is 0 Å². The minimum atomic E-state index is -0.560. The maximum Gasteiger partial charge on any atom is 0.289 e. The molecule has 0 saturated heterocycles. The number of H-pyrrole nitrogens is 2. The highest BCUT2D eigenvalue weighted by Gasteiger charge is 2.13. The molecule has 2 heterocycles. The normalized spacial score (nSPS) is 11.2. The van der Waals surface area contributed by atoms with E-state index in [0.29, 0.717) is 23.9 Å². The first-order valence-corrected chi connectivity index (χ1v) is 7.97. The number of aryl methyl sites for hydroxylation is 2. The summed E-state index contributed by atoms with van der Waals surface area (Å²) in [5.41, 5.74) is 0.237. The molecule has 0 saturated carbocycles. The van der Waals surface area contributed by atoms with E-state index in [2.05, 4.69) is 10.1 Å². The van der Waals surface area contributed by atoms with Gasteiger partial charge in [-0.1, -0.05) is 42.5 Å². The third kappa shape index (κ3) is 2.57. The van der Waals surface area contributed by atoms with E-state index in [1.54, 1.807) is 24.3 Å². The highest BCUT2D eigenvalue weighted by Crippen LogP contribution is 2.09. The topological polar surface area (TPSA) is 87.7 Å². The molecule has 2 aromatic carbocycles. The molecular weight excluding hydrogens is 318 g/mol. The summed E-state index contributed by atoms with van der Waals surface area (Å²) in [4.78, 5) is 40.6. The maximum absolute atomic E-state index is 12.7. The fourth-order valence-electron chi connectivity index (χ4n) is 3.02. The van der Waals surface area contributed by atoms with Crippen LogP contribution in [0, 0.1) is 0 Å². The molecule has 4 aromatic rings. The predicted octanol–water partition coefficient (Wildman–Crippen LogP) is 1.77. The van der Waals surface area contributed by atoms with Crippen LogP contribution in [0.15, 0.2) is 69.0 Å². The lowest BCUT2D eigenvalue weighted by Gasteiger charge is -2.08. The number of nitrogens with zero attached hydrogens (tertiary/aromatic N) is 1. The Morgan fingerprint density at radius 3 is 2.40 bits per heavy atom. The van der Waals surface area contributed by atoms with E-state index in [1.165, 1.54) is 4.68 Å². The van der Waals surface area contributed by atoms with Crippen LogP contribution in [0.3, 0.4) is 0 Å². The molecular formula is C19H15N3O3. The smallest absolute Gasteiger partial charge is 0.289 e. The second-order valence-corrected chi connectivity index (χ2v) is 5.88. The predicted molar refractivity (Wildman–Crippen MR) is 97.1 cm³/mol. The molecule has 4 rings (SSSR count). The van der Waals surface area contributed by atoms with Crippen molar-refractivity contribution in [1.82, 2.24) is 14.8 Å². The van der Waals surface area contributed by atoms with Crippen LogP contribution < -0.4 is 16.5 Å². The fraction of sp³-hybridized carbons (Fsp3) is 0.105. The molecule has 2 N–H and O–H groups in total. The number of hydrogen-bond acceptors (Lipinski definition) is 3. The van der Waals surface area contributed by atoms with Crippen LogP contribution in [0.2, 0.25) is 0 Å². The van der Waals surface area contributed by atoms with Crippen molar-refractivity contribution in [3.05, 3.63) is 91.1 Å². The number of hydrogen-bond donors (Lipinski definition) is 2. The Morgan fingerprint density at radius 2 is 1.60 bits per heavy atom. The lowest BCUT2D eigenvalue weighted by atomic mass is 10.1. The van der Waals surface area contributed by atoms with Gasteiger partial charge in [-0.05, 0) is 24.1 Å². The van der Waals surface area contributed by atoms with E-state index in [1.807, 2.05) is 30.3 Å². The molecule has 0 spiro atoms.